The van der Waals surface area contributed by atoms with Crippen LogP contribution < -0.4 is 5.32 Å². The molecule has 0 fully saturated rings. The summed E-state index contributed by atoms with van der Waals surface area (Å²) in [6, 6.07) is 8.13. The van der Waals surface area contributed by atoms with Crippen LogP contribution in [0.1, 0.15) is 21.7 Å². The van der Waals surface area contributed by atoms with Gasteiger partial charge in [0.25, 0.3) is 5.91 Å². The van der Waals surface area contributed by atoms with Crippen molar-refractivity contribution in [3.63, 3.8) is 0 Å². The summed E-state index contributed by atoms with van der Waals surface area (Å²) in [6.45, 7) is 2.41. The minimum atomic E-state index is -4.42. The second kappa shape index (κ2) is 5.59. The molecule has 0 radical (unpaired) electrons. The third kappa shape index (κ3) is 3.84. The highest BCUT2D eigenvalue weighted by molar-refractivity contribution is 5.94. The number of alkyl halides is 3. The number of carbonyl (C=O) groups is 1. The monoisotopic (exact) mass is 297 g/mol. The minimum Gasteiger partial charge on any atom is -0.343 e. The fourth-order valence-corrected chi connectivity index (χ4v) is 1.93. The predicted octanol–water partition coefficient (Wildman–Crippen LogP) is 2.78. The van der Waals surface area contributed by atoms with Gasteiger partial charge in [0.05, 0.1) is 11.4 Å². The number of aromatic nitrogens is 2. The Balaban J connectivity index is 2.12. The Morgan fingerprint density at radius 2 is 1.86 bits per heavy atom. The van der Waals surface area contributed by atoms with Gasteiger partial charge in [-0.2, -0.15) is 18.3 Å². The van der Waals surface area contributed by atoms with Crippen LogP contribution in [0.15, 0.2) is 30.3 Å². The first-order valence-corrected chi connectivity index (χ1v) is 6.25. The Labute approximate surface area is 119 Å². The second-order valence-corrected chi connectivity index (χ2v) is 4.68. The van der Waals surface area contributed by atoms with E-state index in [4.69, 9.17) is 0 Å². The van der Waals surface area contributed by atoms with Crippen molar-refractivity contribution >= 4 is 5.91 Å². The van der Waals surface area contributed by atoms with E-state index in [2.05, 4.69) is 5.10 Å². The van der Waals surface area contributed by atoms with Crippen LogP contribution in [0.4, 0.5) is 13.2 Å². The maximum absolute atomic E-state index is 12.0. The van der Waals surface area contributed by atoms with Crippen molar-refractivity contribution in [3.05, 3.63) is 47.3 Å². The van der Waals surface area contributed by atoms with Crippen LogP contribution in [-0.4, -0.2) is 28.4 Å². The van der Waals surface area contributed by atoms with Crippen molar-refractivity contribution in [3.8, 4) is 5.69 Å². The van der Waals surface area contributed by atoms with Crippen LogP contribution in [0.25, 0.3) is 5.69 Å². The molecule has 0 bridgehead atoms. The molecule has 1 amide bonds. The molecule has 1 aromatic heterocycles. The third-order valence-corrected chi connectivity index (χ3v) is 2.83. The molecule has 0 aliphatic carbocycles. The normalized spacial score (nSPS) is 11.5. The summed E-state index contributed by atoms with van der Waals surface area (Å²) in [5.41, 5.74) is 2.71. The molecular formula is C14H14F3N3O. The van der Waals surface area contributed by atoms with E-state index in [9.17, 15) is 18.0 Å². The first kappa shape index (κ1) is 15.1. The average molecular weight is 297 g/mol. The summed E-state index contributed by atoms with van der Waals surface area (Å²) >= 11 is 0. The molecule has 2 rings (SSSR count). The Hall–Kier alpha value is -2.31. The molecule has 0 aliphatic heterocycles. The molecule has 21 heavy (non-hydrogen) atoms. The molecule has 1 heterocycles. The summed E-state index contributed by atoms with van der Waals surface area (Å²) in [5.74, 6) is -0.757. The Kier molecular flexibility index (Phi) is 4.02. The van der Waals surface area contributed by atoms with Gasteiger partial charge in [0.1, 0.15) is 6.54 Å². The van der Waals surface area contributed by atoms with E-state index in [1.807, 2.05) is 25.2 Å². The van der Waals surface area contributed by atoms with Crippen LogP contribution >= 0.6 is 0 Å². The van der Waals surface area contributed by atoms with Gasteiger partial charge in [0.2, 0.25) is 0 Å². The van der Waals surface area contributed by atoms with E-state index in [0.717, 1.165) is 17.1 Å². The highest BCUT2D eigenvalue weighted by Gasteiger charge is 2.27. The zero-order valence-corrected chi connectivity index (χ0v) is 11.5. The number of rotatable bonds is 3. The molecule has 4 nitrogen and oxygen atoms in total. The number of hydrogen-bond acceptors (Lipinski definition) is 2. The lowest BCUT2D eigenvalue weighted by Crippen LogP contribution is -2.33. The first-order valence-electron chi connectivity index (χ1n) is 6.25. The van der Waals surface area contributed by atoms with Gasteiger partial charge < -0.3 is 5.32 Å². The second-order valence-electron chi connectivity index (χ2n) is 4.68. The number of halogens is 3. The lowest BCUT2D eigenvalue weighted by Gasteiger charge is -2.09. The predicted molar refractivity (Wildman–Crippen MR) is 71.4 cm³/mol. The Bertz CT molecular complexity index is 644. The average Bonchev–Trinajstić information content (AvgIpc) is 2.74. The number of aryl methyl sites for hydroxylation is 2. The summed E-state index contributed by atoms with van der Waals surface area (Å²) in [7, 11) is 0. The summed E-state index contributed by atoms with van der Waals surface area (Å²) in [6.07, 6.45) is -4.42. The highest BCUT2D eigenvalue weighted by atomic mass is 19.4. The van der Waals surface area contributed by atoms with Gasteiger partial charge in [-0.05, 0) is 44.2 Å². The zero-order chi connectivity index (χ0) is 15.6. The molecule has 0 saturated heterocycles. The maximum atomic E-state index is 12.0. The zero-order valence-electron chi connectivity index (χ0n) is 11.5. The van der Waals surface area contributed by atoms with Crippen LogP contribution in [0, 0.1) is 13.8 Å². The maximum Gasteiger partial charge on any atom is 0.405 e. The molecule has 112 valence electrons. The van der Waals surface area contributed by atoms with Gasteiger partial charge in [-0.1, -0.05) is 0 Å². The lowest BCUT2D eigenvalue weighted by atomic mass is 10.2. The summed E-state index contributed by atoms with van der Waals surface area (Å²) in [4.78, 5) is 11.6. The van der Waals surface area contributed by atoms with Gasteiger partial charge in [-0.15, -0.1) is 0 Å². The molecule has 7 heteroatoms. The van der Waals surface area contributed by atoms with Gasteiger partial charge in [-0.25, -0.2) is 4.68 Å². The smallest absolute Gasteiger partial charge is 0.343 e. The molecule has 0 spiro atoms. The minimum absolute atomic E-state index is 0.171. The van der Waals surface area contributed by atoms with E-state index in [0.29, 0.717) is 0 Å². The van der Waals surface area contributed by atoms with Crippen molar-refractivity contribution in [2.75, 3.05) is 6.54 Å². The van der Waals surface area contributed by atoms with Crippen molar-refractivity contribution in [2.24, 2.45) is 0 Å². The van der Waals surface area contributed by atoms with Crippen molar-refractivity contribution in [1.29, 1.82) is 0 Å². The number of nitrogens with one attached hydrogen (secondary N) is 1. The fraction of sp³-hybridized carbons (Fsp3) is 0.286. The van der Waals surface area contributed by atoms with Gasteiger partial charge in [-0.3, -0.25) is 4.79 Å². The SMILES string of the molecule is Cc1cc(C)n(-c2ccc(C(=O)NCC(F)(F)F)cc2)n1. The van der Waals surface area contributed by atoms with E-state index < -0.39 is 18.6 Å². The topological polar surface area (TPSA) is 46.9 Å². The lowest BCUT2D eigenvalue weighted by molar-refractivity contribution is -0.123. The molecule has 2 aromatic rings. The van der Waals surface area contributed by atoms with Gasteiger partial charge >= 0.3 is 6.18 Å². The van der Waals surface area contributed by atoms with E-state index in [-0.39, 0.29) is 5.56 Å². The molecule has 1 aromatic carbocycles. The number of benzene rings is 1. The molecule has 0 unspecified atom stereocenters. The van der Waals surface area contributed by atoms with Gasteiger partial charge in [0.15, 0.2) is 0 Å². The van der Waals surface area contributed by atoms with E-state index in [1.54, 1.807) is 16.8 Å². The highest BCUT2D eigenvalue weighted by Crippen LogP contribution is 2.15. The molecule has 0 aliphatic rings. The number of nitrogens with zero attached hydrogens (tertiary/aromatic N) is 2. The molecular weight excluding hydrogens is 283 g/mol. The number of carbonyl (C=O) groups excluding carboxylic acids is 1. The largest absolute Gasteiger partial charge is 0.405 e. The van der Waals surface area contributed by atoms with Gasteiger partial charge in [0, 0.05) is 11.3 Å². The van der Waals surface area contributed by atoms with Crippen LogP contribution in [0.3, 0.4) is 0 Å². The van der Waals surface area contributed by atoms with Crippen LogP contribution in [0.2, 0.25) is 0 Å². The van der Waals surface area contributed by atoms with E-state index >= 15 is 0 Å². The van der Waals surface area contributed by atoms with Crippen molar-refractivity contribution in [2.45, 2.75) is 20.0 Å². The van der Waals surface area contributed by atoms with E-state index in [1.165, 1.54) is 12.1 Å². The molecule has 0 saturated carbocycles. The first-order chi connectivity index (χ1) is 9.76. The van der Waals surface area contributed by atoms with Crippen LogP contribution in [0.5, 0.6) is 0 Å². The quantitative estimate of drug-likeness (QED) is 0.947. The fourth-order valence-electron chi connectivity index (χ4n) is 1.93. The Morgan fingerprint density at radius 1 is 1.24 bits per heavy atom. The molecule has 1 N–H and O–H groups in total. The van der Waals surface area contributed by atoms with Crippen LogP contribution in [-0.2, 0) is 0 Å². The van der Waals surface area contributed by atoms with Crippen molar-refractivity contribution in [1.82, 2.24) is 15.1 Å². The number of hydrogen-bond donors (Lipinski definition) is 1. The van der Waals surface area contributed by atoms with Crippen molar-refractivity contribution < 1.29 is 18.0 Å². The number of amides is 1. The Morgan fingerprint density at radius 3 is 2.33 bits per heavy atom. The third-order valence-electron chi connectivity index (χ3n) is 2.83. The summed E-state index contributed by atoms with van der Waals surface area (Å²) in [5, 5.41) is 6.12. The summed E-state index contributed by atoms with van der Waals surface area (Å²) < 4.78 is 37.8. The standard InChI is InChI=1S/C14H14F3N3O/c1-9-7-10(2)20(19-9)12-5-3-11(4-6-12)13(21)18-8-14(15,16)17/h3-7H,8H2,1-2H3,(H,18,21). The molecule has 0 atom stereocenters.